The summed E-state index contributed by atoms with van der Waals surface area (Å²) in [5.41, 5.74) is 1.17. The zero-order chi connectivity index (χ0) is 10.5. The molecule has 0 bridgehead atoms. The van der Waals surface area contributed by atoms with Gasteiger partial charge in [0.05, 0.1) is 7.11 Å². The van der Waals surface area contributed by atoms with E-state index in [1.54, 1.807) is 7.11 Å². The Kier molecular flexibility index (Phi) is 3.45. The van der Waals surface area contributed by atoms with Crippen molar-refractivity contribution in [2.45, 2.75) is 18.9 Å². The van der Waals surface area contributed by atoms with Crippen LogP contribution in [0.25, 0.3) is 0 Å². The van der Waals surface area contributed by atoms with Crippen molar-refractivity contribution in [1.82, 2.24) is 5.32 Å². The van der Waals surface area contributed by atoms with E-state index < -0.39 is 0 Å². The Morgan fingerprint density at radius 3 is 2.73 bits per heavy atom. The maximum absolute atomic E-state index is 5.12. The van der Waals surface area contributed by atoms with Crippen LogP contribution in [-0.2, 0) is 0 Å². The van der Waals surface area contributed by atoms with Crippen molar-refractivity contribution in [2.24, 2.45) is 0 Å². The molecule has 1 atom stereocenters. The number of hydrogen-bond acceptors (Lipinski definition) is 3. The minimum absolute atomic E-state index is 0.562. The molecule has 1 unspecified atom stereocenters. The summed E-state index contributed by atoms with van der Waals surface area (Å²) in [5, 5.41) is 6.90. The molecular formula is C12H18N2O. The summed E-state index contributed by atoms with van der Waals surface area (Å²) in [6, 6.07) is 8.66. The van der Waals surface area contributed by atoms with Gasteiger partial charge in [-0.15, -0.1) is 0 Å². The average molecular weight is 206 g/mol. The third kappa shape index (κ3) is 2.86. The van der Waals surface area contributed by atoms with Gasteiger partial charge in [-0.25, -0.2) is 0 Å². The molecule has 0 aromatic heterocycles. The molecule has 0 spiro atoms. The predicted octanol–water partition coefficient (Wildman–Crippen LogP) is 1.86. The molecular weight excluding hydrogens is 188 g/mol. The fourth-order valence-corrected chi connectivity index (χ4v) is 1.90. The van der Waals surface area contributed by atoms with Gasteiger partial charge in [0.2, 0.25) is 0 Å². The van der Waals surface area contributed by atoms with E-state index in [0.717, 1.165) is 18.8 Å². The summed E-state index contributed by atoms with van der Waals surface area (Å²) in [4.78, 5) is 0. The third-order valence-corrected chi connectivity index (χ3v) is 2.76. The monoisotopic (exact) mass is 206 g/mol. The lowest BCUT2D eigenvalue weighted by molar-refractivity contribution is 0.415. The Morgan fingerprint density at radius 2 is 2.13 bits per heavy atom. The lowest BCUT2D eigenvalue weighted by Crippen LogP contribution is -2.38. The lowest BCUT2D eigenvalue weighted by atomic mass is 10.1. The van der Waals surface area contributed by atoms with E-state index >= 15 is 0 Å². The zero-order valence-electron chi connectivity index (χ0n) is 9.12. The first-order valence-electron chi connectivity index (χ1n) is 5.50. The van der Waals surface area contributed by atoms with Crippen LogP contribution in [0.4, 0.5) is 5.69 Å². The fraction of sp³-hybridized carbons (Fsp3) is 0.500. The predicted molar refractivity (Wildman–Crippen MR) is 62.5 cm³/mol. The third-order valence-electron chi connectivity index (χ3n) is 2.76. The molecule has 1 aromatic carbocycles. The topological polar surface area (TPSA) is 33.3 Å². The first-order chi connectivity index (χ1) is 7.38. The van der Waals surface area contributed by atoms with Crippen LogP contribution in [0.3, 0.4) is 0 Å². The van der Waals surface area contributed by atoms with Crippen LogP contribution < -0.4 is 15.4 Å². The highest BCUT2D eigenvalue weighted by molar-refractivity contribution is 5.47. The van der Waals surface area contributed by atoms with Crippen LogP contribution in [0.2, 0.25) is 0 Å². The van der Waals surface area contributed by atoms with Gasteiger partial charge in [-0.1, -0.05) is 0 Å². The summed E-state index contributed by atoms with van der Waals surface area (Å²) in [5.74, 6) is 0.905. The first-order valence-corrected chi connectivity index (χ1v) is 5.50. The van der Waals surface area contributed by atoms with Gasteiger partial charge in [-0.05, 0) is 43.7 Å². The summed E-state index contributed by atoms with van der Waals surface area (Å²) >= 11 is 0. The Balaban J connectivity index is 1.91. The maximum Gasteiger partial charge on any atom is 0.119 e. The number of piperidine rings is 1. The van der Waals surface area contributed by atoms with Gasteiger partial charge in [0.15, 0.2) is 0 Å². The molecule has 1 heterocycles. The Labute approximate surface area is 90.8 Å². The molecule has 0 saturated carbocycles. The maximum atomic E-state index is 5.12. The van der Waals surface area contributed by atoms with Gasteiger partial charge >= 0.3 is 0 Å². The summed E-state index contributed by atoms with van der Waals surface area (Å²) < 4.78 is 5.12. The molecule has 82 valence electrons. The van der Waals surface area contributed by atoms with Gasteiger partial charge in [0.1, 0.15) is 5.75 Å². The van der Waals surface area contributed by atoms with Gasteiger partial charge in [-0.3, -0.25) is 0 Å². The van der Waals surface area contributed by atoms with Gasteiger partial charge in [0.25, 0.3) is 0 Å². The number of ether oxygens (including phenoxy) is 1. The molecule has 15 heavy (non-hydrogen) atoms. The van der Waals surface area contributed by atoms with Crippen molar-refractivity contribution >= 4 is 5.69 Å². The normalized spacial score (nSPS) is 21.0. The van der Waals surface area contributed by atoms with Crippen molar-refractivity contribution in [3.8, 4) is 5.75 Å². The van der Waals surface area contributed by atoms with Gasteiger partial charge < -0.3 is 15.4 Å². The fourth-order valence-electron chi connectivity index (χ4n) is 1.90. The highest BCUT2D eigenvalue weighted by Gasteiger charge is 2.11. The van der Waals surface area contributed by atoms with Crippen LogP contribution >= 0.6 is 0 Å². The van der Waals surface area contributed by atoms with E-state index in [2.05, 4.69) is 22.8 Å². The standard InChI is InChI=1S/C12H18N2O/c1-15-12-6-4-10(5-7-12)14-11-3-2-8-13-9-11/h4-7,11,13-14H,2-3,8-9H2,1H3. The van der Waals surface area contributed by atoms with E-state index in [9.17, 15) is 0 Å². The molecule has 0 aliphatic carbocycles. The van der Waals surface area contributed by atoms with Crippen molar-refractivity contribution in [3.05, 3.63) is 24.3 Å². The van der Waals surface area contributed by atoms with Gasteiger partial charge in [-0.2, -0.15) is 0 Å². The first kappa shape index (κ1) is 10.3. The number of anilines is 1. The number of hydrogen-bond donors (Lipinski definition) is 2. The van der Waals surface area contributed by atoms with E-state index in [1.807, 2.05) is 12.1 Å². The second-order valence-electron chi connectivity index (χ2n) is 3.92. The quantitative estimate of drug-likeness (QED) is 0.792. The second kappa shape index (κ2) is 5.03. The molecule has 1 saturated heterocycles. The molecule has 3 nitrogen and oxygen atoms in total. The van der Waals surface area contributed by atoms with Crippen molar-refractivity contribution in [3.63, 3.8) is 0 Å². The number of benzene rings is 1. The summed E-state index contributed by atoms with van der Waals surface area (Å²) in [6.45, 7) is 2.22. The molecule has 1 aromatic rings. The molecule has 1 fully saturated rings. The van der Waals surface area contributed by atoms with Gasteiger partial charge in [0, 0.05) is 18.3 Å². The largest absolute Gasteiger partial charge is 0.497 e. The van der Waals surface area contributed by atoms with Crippen LogP contribution in [0, 0.1) is 0 Å². The lowest BCUT2D eigenvalue weighted by Gasteiger charge is -2.24. The van der Waals surface area contributed by atoms with Crippen molar-refractivity contribution in [1.29, 1.82) is 0 Å². The minimum atomic E-state index is 0.562. The van der Waals surface area contributed by atoms with Crippen LogP contribution in [0.1, 0.15) is 12.8 Å². The molecule has 2 N–H and O–H groups in total. The van der Waals surface area contributed by atoms with E-state index in [0.29, 0.717) is 6.04 Å². The van der Waals surface area contributed by atoms with E-state index in [1.165, 1.54) is 18.5 Å². The SMILES string of the molecule is COc1ccc(NC2CCCNC2)cc1. The number of methoxy groups -OCH3 is 1. The smallest absolute Gasteiger partial charge is 0.119 e. The molecule has 0 amide bonds. The average Bonchev–Trinajstić information content (AvgIpc) is 2.31. The Bertz CT molecular complexity index is 291. The van der Waals surface area contributed by atoms with Crippen molar-refractivity contribution < 1.29 is 4.74 Å². The van der Waals surface area contributed by atoms with Crippen LogP contribution in [-0.4, -0.2) is 26.2 Å². The van der Waals surface area contributed by atoms with Crippen LogP contribution in [0.15, 0.2) is 24.3 Å². The van der Waals surface area contributed by atoms with E-state index in [-0.39, 0.29) is 0 Å². The molecule has 1 aliphatic heterocycles. The van der Waals surface area contributed by atoms with Crippen molar-refractivity contribution in [2.75, 3.05) is 25.5 Å². The minimum Gasteiger partial charge on any atom is -0.497 e. The Hall–Kier alpha value is -1.22. The molecule has 1 aliphatic rings. The zero-order valence-corrected chi connectivity index (χ0v) is 9.12. The Morgan fingerprint density at radius 1 is 1.33 bits per heavy atom. The van der Waals surface area contributed by atoms with E-state index in [4.69, 9.17) is 4.74 Å². The summed E-state index contributed by atoms with van der Waals surface area (Å²) in [7, 11) is 1.69. The van der Waals surface area contributed by atoms with Crippen LogP contribution in [0.5, 0.6) is 5.75 Å². The second-order valence-corrected chi connectivity index (χ2v) is 3.92. The number of nitrogens with one attached hydrogen (secondary N) is 2. The molecule has 3 heteroatoms. The summed E-state index contributed by atoms with van der Waals surface area (Å²) in [6.07, 6.45) is 2.51. The molecule has 2 rings (SSSR count). The molecule has 0 radical (unpaired) electrons. The highest BCUT2D eigenvalue weighted by Crippen LogP contribution is 2.17. The highest BCUT2D eigenvalue weighted by atomic mass is 16.5. The number of rotatable bonds is 3.